The molecule has 1 fully saturated rings. The first-order chi connectivity index (χ1) is 10.9. The molecule has 126 valence electrons. The minimum Gasteiger partial charge on any atom is -0.341 e. The summed E-state index contributed by atoms with van der Waals surface area (Å²) >= 11 is 0. The van der Waals surface area contributed by atoms with Crippen LogP contribution in [0.3, 0.4) is 0 Å². The maximum Gasteiger partial charge on any atom is 0.242 e. The Morgan fingerprint density at radius 2 is 2.00 bits per heavy atom. The van der Waals surface area contributed by atoms with Crippen molar-refractivity contribution in [2.45, 2.75) is 46.5 Å². The molecule has 0 bridgehead atoms. The first kappa shape index (κ1) is 17.5. The number of hydrogen-bond donors (Lipinski definition) is 0. The summed E-state index contributed by atoms with van der Waals surface area (Å²) in [6, 6.07) is 7.86. The third-order valence-corrected chi connectivity index (χ3v) is 4.53. The van der Waals surface area contributed by atoms with E-state index >= 15 is 0 Å². The van der Waals surface area contributed by atoms with Crippen molar-refractivity contribution in [3.05, 3.63) is 29.8 Å². The van der Waals surface area contributed by atoms with Gasteiger partial charge in [-0.3, -0.25) is 9.59 Å². The van der Waals surface area contributed by atoms with Crippen molar-refractivity contribution in [1.29, 1.82) is 0 Å². The fraction of sp³-hybridized carbons (Fsp3) is 0.579. The molecule has 0 radical (unpaired) electrons. The van der Waals surface area contributed by atoms with Crippen LogP contribution in [0.1, 0.15) is 52.0 Å². The van der Waals surface area contributed by atoms with Crippen LogP contribution in [0.2, 0.25) is 0 Å². The van der Waals surface area contributed by atoms with Crippen molar-refractivity contribution in [2.75, 3.05) is 24.5 Å². The number of carbonyl (C=O) groups is 2. The quantitative estimate of drug-likeness (QED) is 0.854. The molecule has 4 nitrogen and oxygen atoms in total. The second kappa shape index (κ2) is 7.62. The monoisotopic (exact) mass is 316 g/mol. The van der Waals surface area contributed by atoms with E-state index in [0.717, 1.165) is 30.8 Å². The summed E-state index contributed by atoms with van der Waals surface area (Å²) in [6.45, 7) is 9.65. The average Bonchev–Trinajstić information content (AvgIpc) is 2.52. The number of rotatable bonds is 4. The van der Waals surface area contributed by atoms with Gasteiger partial charge in [-0.05, 0) is 36.3 Å². The standard InChI is InChI=1S/C19H28N2O2/c1-14(2)17-9-5-6-10-18(17)21(16(4)22)13-19(23)20-11-7-8-15(3)12-20/h5-6,9-10,14-15H,7-8,11-13H2,1-4H3. The Kier molecular flexibility index (Phi) is 5.80. The van der Waals surface area contributed by atoms with Gasteiger partial charge in [0.25, 0.3) is 0 Å². The molecule has 4 heteroatoms. The fourth-order valence-electron chi connectivity index (χ4n) is 3.24. The Morgan fingerprint density at radius 3 is 2.61 bits per heavy atom. The fourth-order valence-corrected chi connectivity index (χ4v) is 3.24. The van der Waals surface area contributed by atoms with Crippen LogP contribution in [0.5, 0.6) is 0 Å². The lowest BCUT2D eigenvalue weighted by Crippen LogP contribution is -2.46. The Labute approximate surface area is 139 Å². The van der Waals surface area contributed by atoms with Crippen molar-refractivity contribution in [3.8, 4) is 0 Å². The van der Waals surface area contributed by atoms with Crippen molar-refractivity contribution >= 4 is 17.5 Å². The lowest BCUT2D eigenvalue weighted by atomic mass is 9.99. The Bertz CT molecular complexity index is 568. The maximum absolute atomic E-state index is 12.6. The molecule has 2 rings (SSSR count). The molecule has 1 unspecified atom stereocenters. The van der Waals surface area contributed by atoms with Gasteiger partial charge in [-0.15, -0.1) is 0 Å². The maximum atomic E-state index is 12.6. The van der Waals surface area contributed by atoms with Crippen molar-refractivity contribution < 1.29 is 9.59 Å². The van der Waals surface area contributed by atoms with E-state index in [1.165, 1.54) is 13.3 Å². The molecule has 1 saturated heterocycles. The molecule has 0 N–H and O–H groups in total. The minimum atomic E-state index is -0.0866. The van der Waals surface area contributed by atoms with Gasteiger partial charge in [0.15, 0.2) is 0 Å². The predicted octanol–water partition coefficient (Wildman–Crippen LogP) is 3.42. The second-order valence-electron chi connectivity index (χ2n) is 6.91. The number of benzene rings is 1. The molecule has 1 aliphatic rings. The van der Waals surface area contributed by atoms with Crippen LogP contribution in [0, 0.1) is 5.92 Å². The number of amides is 2. The molecule has 0 saturated carbocycles. The zero-order chi connectivity index (χ0) is 17.0. The molecule has 0 spiro atoms. The smallest absolute Gasteiger partial charge is 0.242 e. The molecular formula is C19H28N2O2. The normalized spacial score (nSPS) is 18.1. The lowest BCUT2D eigenvalue weighted by Gasteiger charge is -2.33. The number of anilines is 1. The molecule has 1 heterocycles. The van der Waals surface area contributed by atoms with E-state index in [1.54, 1.807) is 4.90 Å². The van der Waals surface area contributed by atoms with Crippen LogP contribution in [-0.4, -0.2) is 36.3 Å². The van der Waals surface area contributed by atoms with Gasteiger partial charge in [0, 0.05) is 25.7 Å². The largest absolute Gasteiger partial charge is 0.341 e. The van der Waals surface area contributed by atoms with Crippen LogP contribution in [0.4, 0.5) is 5.69 Å². The second-order valence-corrected chi connectivity index (χ2v) is 6.91. The van der Waals surface area contributed by atoms with Crippen LogP contribution in [0.25, 0.3) is 0 Å². The summed E-state index contributed by atoms with van der Waals surface area (Å²) in [7, 11) is 0. The van der Waals surface area contributed by atoms with Crippen LogP contribution in [-0.2, 0) is 9.59 Å². The van der Waals surface area contributed by atoms with Crippen molar-refractivity contribution in [2.24, 2.45) is 5.92 Å². The first-order valence-corrected chi connectivity index (χ1v) is 8.55. The summed E-state index contributed by atoms with van der Waals surface area (Å²) in [6.07, 6.45) is 2.23. The van der Waals surface area contributed by atoms with E-state index in [1.807, 2.05) is 29.2 Å². The molecule has 1 aliphatic heterocycles. The van der Waals surface area contributed by atoms with Crippen molar-refractivity contribution in [1.82, 2.24) is 4.90 Å². The Hall–Kier alpha value is -1.84. The average molecular weight is 316 g/mol. The molecule has 23 heavy (non-hydrogen) atoms. The van der Waals surface area contributed by atoms with Gasteiger partial charge in [0.2, 0.25) is 11.8 Å². The highest BCUT2D eigenvalue weighted by atomic mass is 16.2. The van der Waals surface area contributed by atoms with E-state index in [9.17, 15) is 9.59 Å². The van der Waals surface area contributed by atoms with E-state index < -0.39 is 0 Å². The third-order valence-electron chi connectivity index (χ3n) is 4.53. The number of hydrogen-bond acceptors (Lipinski definition) is 2. The summed E-state index contributed by atoms with van der Waals surface area (Å²) in [5.74, 6) is 0.807. The van der Waals surface area contributed by atoms with Gasteiger partial charge in [-0.25, -0.2) is 0 Å². The Morgan fingerprint density at radius 1 is 1.30 bits per heavy atom. The van der Waals surface area contributed by atoms with Gasteiger partial charge in [-0.2, -0.15) is 0 Å². The molecule has 1 aromatic carbocycles. The highest BCUT2D eigenvalue weighted by Crippen LogP contribution is 2.27. The van der Waals surface area contributed by atoms with Gasteiger partial charge in [0.1, 0.15) is 6.54 Å². The minimum absolute atomic E-state index is 0.0466. The highest BCUT2D eigenvalue weighted by Gasteiger charge is 2.25. The number of para-hydroxylation sites is 1. The molecule has 1 aromatic rings. The molecule has 0 aromatic heterocycles. The summed E-state index contributed by atoms with van der Waals surface area (Å²) in [5.41, 5.74) is 1.95. The molecule has 2 amide bonds. The highest BCUT2D eigenvalue weighted by molar-refractivity contribution is 5.98. The first-order valence-electron chi connectivity index (χ1n) is 8.55. The summed E-state index contributed by atoms with van der Waals surface area (Å²) in [5, 5.41) is 0. The number of carbonyl (C=O) groups excluding carboxylic acids is 2. The number of nitrogens with zero attached hydrogens (tertiary/aromatic N) is 2. The Balaban J connectivity index is 2.19. The SMILES string of the molecule is CC(=O)N(CC(=O)N1CCCC(C)C1)c1ccccc1C(C)C. The van der Waals surface area contributed by atoms with Gasteiger partial charge < -0.3 is 9.80 Å². The van der Waals surface area contributed by atoms with Crippen molar-refractivity contribution in [3.63, 3.8) is 0 Å². The number of piperidine rings is 1. The zero-order valence-corrected chi connectivity index (χ0v) is 14.7. The lowest BCUT2D eigenvalue weighted by molar-refractivity contribution is -0.132. The van der Waals surface area contributed by atoms with Gasteiger partial charge in [-0.1, -0.05) is 39.0 Å². The van der Waals surface area contributed by atoms with E-state index in [-0.39, 0.29) is 18.4 Å². The third kappa shape index (κ3) is 4.34. The van der Waals surface area contributed by atoms with Gasteiger partial charge >= 0.3 is 0 Å². The topological polar surface area (TPSA) is 40.6 Å². The molecular weight excluding hydrogens is 288 g/mol. The van der Waals surface area contributed by atoms with Gasteiger partial charge in [0.05, 0.1) is 0 Å². The predicted molar refractivity (Wildman–Crippen MR) is 93.5 cm³/mol. The van der Waals surface area contributed by atoms with Crippen LogP contribution in [0.15, 0.2) is 24.3 Å². The number of likely N-dealkylation sites (tertiary alicyclic amines) is 1. The van der Waals surface area contributed by atoms with E-state index in [4.69, 9.17) is 0 Å². The van der Waals surface area contributed by atoms with Crippen LogP contribution < -0.4 is 4.90 Å². The molecule has 1 atom stereocenters. The molecule has 0 aliphatic carbocycles. The summed E-state index contributed by atoms with van der Waals surface area (Å²) in [4.78, 5) is 28.3. The van der Waals surface area contributed by atoms with E-state index in [0.29, 0.717) is 11.8 Å². The van der Waals surface area contributed by atoms with E-state index in [2.05, 4.69) is 20.8 Å². The van der Waals surface area contributed by atoms with Crippen LogP contribution >= 0.6 is 0 Å². The zero-order valence-electron chi connectivity index (χ0n) is 14.7. The summed E-state index contributed by atoms with van der Waals surface area (Å²) < 4.78 is 0.